The largest absolute Gasteiger partial charge is 0.222 e. The van der Waals surface area contributed by atoms with E-state index in [4.69, 9.17) is 0 Å². The molecule has 3 atom stereocenters. The predicted molar refractivity (Wildman–Crippen MR) is 119 cm³/mol. The Morgan fingerprint density at radius 3 is 1.74 bits per heavy atom. The summed E-state index contributed by atoms with van der Waals surface area (Å²) < 4.78 is 56.0. The molecule has 0 unspecified atom stereocenters. The van der Waals surface area contributed by atoms with Gasteiger partial charge in [-0.05, 0) is 30.0 Å². The summed E-state index contributed by atoms with van der Waals surface area (Å²) in [5.41, 5.74) is 1.66. The van der Waals surface area contributed by atoms with E-state index in [1.165, 1.54) is 0 Å². The maximum Gasteiger partial charge on any atom is 0.200 e. The number of benzene rings is 3. The lowest BCUT2D eigenvalue weighted by Gasteiger charge is -2.40. The van der Waals surface area contributed by atoms with Crippen LogP contribution in [0.1, 0.15) is 17.9 Å². The Kier molecular flexibility index (Phi) is 3.79. The van der Waals surface area contributed by atoms with Crippen molar-refractivity contribution in [2.75, 3.05) is 0 Å². The summed E-state index contributed by atoms with van der Waals surface area (Å²) in [5.74, 6) is -1.41. The first-order valence-corrected chi connectivity index (χ1v) is 13.3. The number of fused-ring (bicyclic) bond motifs is 6. The molecular formula is C25H20O4S2. The quantitative estimate of drug-likeness (QED) is 0.510. The summed E-state index contributed by atoms with van der Waals surface area (Å²) in [4.78, 5) is 0.204. The smallest absolute Gasteiger partial charge is 0.200 e. The van der Waals surface area contributed by atoms with Crippen LogP contribution >= 0.6 is 0 Å². The molecule has 0 radical (unpaired) electrons. The lowest BCUT2D eigenvalue weighted by atomic mass is 9.86. The second-order valence-electron chi connectivity index (χ2n) is 8.50. The molecule has 3 aromatic rings. The fraction of sp³-hybridized carbons (Fsp3) is 0.200. The third kappa shape index (κ3) is 2.14. The highest BCUT2D eigenvalue weighted by atomic mass is 32.3. The molecule has 1 saturated carbocycles. The van der Waals surface area contributed by atoms with Crippen LogP contribution in [-0.4, -0.2) is 20.9 Å². The van der Waals surface area contributed by atoms with E-state index in [0.717, 1.165) is 5.56 Å². The van der Waals surface area contributed by atoms with Crippen molar-refractivity contribution in [2.24, 2.45) is 11.8 Å². The van der Waals surface area contributed by atoms with Crippen LogP contribution in [-0.2, 0) is 19.7 Å². The standard InChI is InChI=1S/C25H20O4S2/c26-30(27)22-12-6-4-10-20(22)21-11-5-7-13-23(21)31(28,29)25(30)19-15-14-18(16-19)24(25)17-8-2-1-3-9-17/h1-15,18-19,24H,16H2/t18-,19+,24-/m0/s1. The molecule has 6 heteroatoms. The van der Waals surface area contributed by atoms with Gasteiger partial charge >= 0.3 is 0 Å². The van der Waals surface area contributed by atoms with Crippen LogP contribution in [0.2, 0.25) is 0 Å². The molecule has 0 saturated heterocycles. The van der Waals surface area contributed by atoms with Crippen molar-refractivity contribution in [1.82, 2.24) is 0 Å². The monoisotopic (exact) mass is 448 g/mol. The highest BCUT2D eigenvalue weighted by molar-refractivity contribution is 8.10. The lowest BCUT2D eigenvalue weighted by Crippen LogP contribution is -2.53. The molecule has 4 nitrogen and oxygen atoms in total. The Morgan fingerprint density at radius 2 is 1.16 bits per heavy atom. The minimum atomic E-state index is -4.26. The summed E-state index contributed by atoms with van der Waals surface area (Å²) in [6.07, 6.45) is 4.33. The summed E-state index contributed by atoms with van der Waals surface area (Å²) in [6.45, 7) is 0. The first-order chi connectivity index (χ1) is 14.9. The number of hydrogen-bond donors (Lipinski definition) is 0. The molecular weight excluding hydrogens is 428 g/mol. The Hall–Kier alpha value is -2.70. The Balaban J connectivity index is 1.82. The van der Waals surface area contributed by atoms with Crippen molar-refractivity contribution in [1.29, 1.82) is 0 Å². The lowest BCUT2D eigenvalue weighted by molar-refractivity contribution is 0.476. The molecule has 3 aromatic carbocycles. The summed E-state index contributed by atoms with van der Waals surface area (Å²) >= 11 is 0. The normalized spacial score (nSPS) is 28.1. The topological polar surface area (TPSA) is 68.3 Å². The molecule has 2 bridgehead atoms. The van der Waals surface area contributed by atoms with E-state index in [0.29, 0.717) is 17.5 Å². The minimum Gasteiger partial charge on any atom is -0.222 e. The first-order valence-electron chi connectivity index (χ1n) is 10.3. The Labute approximate surface area is 182 Å². The molecule has 1 fully saturated rings. The van der Waals surface area contributed by atoms with Crippen LogP contribution in [0.3, 0.4) is 0 Å². The molecule has 31 heavy (non-hydrogen) atoms. The molecule has 1 aliphatic heterocycles. The summed E-state index contributed by atoms with van der Waals surface area (Å²) in [5, 5.41) is 0. The van der Waals surface area contributed by atoms with Crippen molar-refractivity contribution < 1.29 is 16.8 Å². The average Bonchev–Trinajstić information content (AvgIpc) is 3.39. The van der Waals surface area contributed by atoms with Gasteiger partial charge in [0.05, 0.1) is 9.79 Å². The van der Waals surface area contributed by atoms with Gasteiger partial charge in [0.2, 0.25) is 19.7 Å². The molecule has 0 amide bonds. The number of allylic oxidation sites excluding steroid dienone is 2. The van der Waals surface area contributed by atoms with E-state index in [2.05, 4.69) is 0 Å². The molecule has 1 spiro atoms. The van der Waals surface area contributed by atoms with Gasteiger partial charge in [-0.2, -0.15) is 0 Å². The van der Waals surface area contributed by atoms with Crippen molar-refractivity contribution >= 4 is 19.7 Å². The van der Waals surface area contributed by atoms with Gasteiger partial charge in [-0.3, -0.25) is 0 Å². The van der Waals surface area contributed by atoms with E-state index in [1.807, 2.05) is 42.5 Å². The minimum absolute atomic E-state index is 0.102. The molecule has 3 aliphatic rings. The predicted octanol–water partition coefficient (Wildman–Crippen LogP) is 4.60. The maximum atomic E-state index is 14.5. The number of rotatable bonds is 1. The van der Waals surface area contributed by atoms with Crippen LogP contribution < -0.4 is 0 Å². The van der Waals surface area contributed by atoms with E-state index in [-0.39, 0.29) is 15.7 Å². The van der Waals surface area contributed by atoms with Gasteiger partial charge in [-0.1, -0.05) is 78.9 Å². The number of sulfone groups is 2. The fourth-order valence-corrected chi connectivity index (χ4v) is 12.3. The molecule has 0 aromatic heterocycles. The molecule has 2 aliphatic carbocycles. The van der Waals surface area contributed by atoms with Gasteiger partial charge in [0.15, 0.2) is 4.08 Å². The van der Waals surface area contributed by atoms with Crippen LogP contribution in [0.15, 0.2) is 101 Å². The van der Waals surface area contributed by atoms with E-state index >= 15 is 0 Å². The van der Waals surface area contributed by atoms with Crippen molar-refractivity contribution in [2.45, 2.75) is 26.2 Å². The van der Waals surface area contributed by atoms with Crippen molar-refractivity contribution in [3.8, 4) is 11.1 Å². The SMILES string of the molecule is O=S1(=O)c2ccccc2-c2ccccc2S(=O)(=O)C12[C@@H]1C=C[C@@H](C1)[C@@H]2c1ccccc1. The van der Waals surface area contributed by atoms with Crippen LogP contribution in [0.25, 0.3) is 11.1 Å². The zero-order chi connectivity index (χ0) is 21.4. The van der Waals surface area contributed by atoms with E-state index in [1.54, 1.807) is 48.5 Å². The Morgan fingerprint density at radius 1 is 0.645 bits per heavy atom. The zero-order valence-electron chi connectivity index (χ0n) is 16.5. The molecule has 6 rings (SSSR count). The highest BCUT2D eigenvalue weighted by Crippen LogP contribution is 2.65. The van der Waals surface area contributed by atoms with Gasteiger partial charge in [0.1, 0.15) is 0 Å². The van der Waals surface area contributed by atoms with E-state index < -0.39 is 35.6 Å². The zero-order valence-corrected chi connectivity index (χ0v) is 18.2. The number of hydrogen-bond acceptors (Lipinski definition) is 4. The highest BCUT2D eigenvalue weighted by Gasteiger charge is 2.72. The van der Waals surface area contributed by atoms with Crippen LogP contribution in [0, 0.1) is 11.8 Å². The second-order valence-corrected chi connectivity index (χ2v) is 13.0. The Bertz CT molecular complexity index is 1380. The third-order valence-electron chi connectivity index (χ3n) is 7.14. The third-order valence-corrected chi connectivity index (χ3v) is 13.1. The first kappa shape index (κ1) is 19.0. The van der Waals surface area contributed by atoms with Gasteiger partial charge in [0, 0.05) is 23.0 Å². The fourth-order valence-electron chi connectivity index (χ4n) is 6.01. The van der Waals surface area contributed by atoms with Crippen LogP contribution in [0.5, 0.6) is 0 Å². The molecule has 0 N–H and O–H groups in total. The van der Waals surface area contributed by atoms with Gasteiger partial charge in [-0.25, -0.2) is 16.8 Å². The van der Waals surface area contributed by atoms with Gasteiger partial charge in [0.25, 0.3) is 0 Å². The van der Waals surface area contributed by atoms with Gasteiger partial charge < -0.3 is 0 Å². The summed E-state index contributed by atoms with van der Waals surface area (Å²) in [7, 11) is -8.52. The van der Waals surface area contributed by atoms with Crippen LogP contribution in [0.4, 0.5) is 0 Å². The van der Waals surface area contributed by atoms with Crippen molar-refractivity contribution in [3.05, 3.63) is 96.6 Å². The van der Waals surface area contributed by atoms with E-state index in [9.17, 15) is 16.8 Å². The second kappa shape index (κ2) is 6.17. The van der Waals surface area contributed by atoms with Gasteiger partial charge in [-0.15, -0.1) is 0 Å². The molecule has 156 valence electrons. The summed E-state index contributed by atoms with van der Waals surface area (Å²) in [6, 6.07) is 22.6. The average molecular weight is 449 g/mol. The maximum absolute atomic E-state index is 14.5. The van der Waals surface area contributed by atoms with Crippen molar-refractivity contribution in [3.63, 3.8) is 0 Å². The molecule has 1 heterocycles.